The van der Waals surface area contributed by atoms with E-state index in [1.165, 1.54) is 6.07 Å². The minimum absolute atomic E-state index is 0. The third kappa shape index (κ3) is 4.33. The Balaban J connectivity index is 0.00000200. The number of likely N-dealkylation sites (tertiary alicyclic amines) is 1. The molecule has 2 N–H and O–H groups in total. The molecule has 1 aromatic carbocycles. The Hall–Kier alpha value is -0.850. The number of halogens is 5. The van der Waals surface area contributed by atoms with Crippen molar-refractivity contribution >= 4 is 12.4 Å². The lowest BCUT2D eigenvalue weighted by Gasteiger charge is -2.31. The van der Waals surface area contributed by atoms with Gasteiger partial charge in [-0.3, -0.25) is 4.90 Å². The number of piperidine rings is 1. The van der Waals surface area contributed by atoms with E-state index in [9.17, 15) is 17.6 Å². The summed E-state index contributed by atoms with van der Waals surface area (Å²) in [5.41, 5.74) is 5.01. The molecular weight excluding hydrogens is 296 g/mol. The van der Waals surface area contributed by atoms with Gasteiger partial charge in [-0.15, -0.1) is 12.4 Å². The fourth-order valence-electron chi connectivity index (χ4n) is 2.43. The molecule has 1 heterocycles. The number of benzene rings is 1. The summed E-state index contributed by atoms with van der Waals surface area (Å²) < 4.78 is 51.5. The lowest BCUT2D eigenvalue weighted by atomic mass is 10.0. The molecule has 1 fully saturated rings. The average Bonchev–Trinajstić information content (AvgIpc) is 2.30. The Morgan fingerprint density at radius 3 is 2.60 bits per heavy atom. The van der Waals surface area contributed by atoms with Crippen molar-refractivity contribution in [3.05, 3.63) is 35.1 Å². The fourth-order valence-corrected chi connectivity index (χ4v) is 2.43. The van der Waals surface area contributed by atoms with Crippen molar-refractivity contribution in [2.45, 2.75) is 31.6 Å². The van der Waals surface area contributed by atoms with Gasteiger partial charge in [0.05, 0.1) is 5.56 Å². The standard InChI is InChI=1S/C13H16F4N2.ClH/c14-10-4-3-9(12(6-10)13(15,16)17)7-19-5-1-2-11(18)8-19;/h3-4,6,11H,1-2,5,7-8,18H2;1H. The highest BCUT2D eigenvalue weighted by Gasteiger charge is 2.34. The molecule has 0 aliphatic carbocycles. The molecule has 2 nitrogen and oxygen atoms in total. The lowest BCUT2D eigenvalue weighted by Crippen LogP contribution is -2.42. The van der Waals surface area contributed by atoms with Crippen LogP contribution in [0.5, 0.6) is 0 Å². The van der Waals surface area contributed by atoms with Gasteiger partial charge in [0.2, 0.25) is 0 Å². The molecule has 2 rings (SSSR count). The molecule has 7 heteroatoms. The topological polar surface area (TPSA) is 29.3 Å². The van der Waals surface area contributed by atoms with E-state index in [4.69, 9.17) is 5.73 Å². The van der Waals surface area contributed by atoms with E-state index in [0.29, 0.717) is 12.6 Å². The summed E-state index contributed by atoms with van der Waals surface area (Å²) in [6.45, 7) is 1.46. The quantitative estimate of drug-likeness (QED) is 0.850. The molecule has 0 aromatic heterocycles. The van der Waals surface area contributed by atoms with Crippen LogP contribution in [0.2, 0.25) is 0 Å². The smallest absolute Gasteiger partial charge is 0.327 e. The number of hydrogen-bond donors (Lipinski definition) is 1. The van der Waals surface area contributed by atoms with Gasteiger partial charge in [-0.1, -0.05) is 6.07 Å². The zero-order valence-corrected chi connectivity index (χ0v) is 11.6. The third-order valence-electron chi connectivity index (χ3n) is 3.31. The number of hydrogen-bond acceptors (Lipinski definition) is 2. The molecule has 0 amide bonds. The largest absolute Gasteiger partial charge is 0.416 e. The van der Waals surface area contributed by atoms with Gasteiger partial charge in [-0.05, 0) is 37.1 Å². The van der Waals surface area contributed by atoms with Crippen LogP contribution in [0.4, 0.5) is 17.6 Å². The van der Waals surface area contributed by atoms with Crippen molar-refractivity contribution in [1.82, 2.24) is 4.90 Å². The molecule has 1 aliphatic heterocycles. The summed E-state index contributed by atoms with van der Waals surface area (Å²) in [7, 11) is 0. The van der Waals surface area contributed by atoms with Gasteiger partial charge in [0, 0.05) is 19.1 Å². The minimum Gasteiger partial charge on any atom is -0.327 e. The summed E-state index contributed by atoms with van der Waals surface area (Å²) in [4.78, 5) is 1.89. The Bertz CT molecular complexity index is 450. The number of rotatable bonds is 2. The van der Waals surface area contributed by atoms with Crippen LogP contribution in [-0.2, 0) is 12.7 Å². The van der Waals surface area contributed by atoms with Gasteiger partial charge < -0.3 is 5.73 Å². The van der Waals surface area contributed by atoms with Crippen LogP contribution in [-0.4, -0.2) is 24.0 Å². The number of alkyl halides is 3. The third-order valence-corrected chi connectivity index (χ3v) is 3.31. The highest BCUT2D eigenvalue weighted by molar-refractivity contribution is 5.85. The predicted octanol–water partition coefficient (Wildman–Crippen LogP) is 3.19. The SMILES string of the molecule is Cl.NC1CCCN(Cc2ccc(F)cc2C(F)(F)F)C1. The average molecular weight is 313 g/mol. The molecule has 1 aliphatic rings. The Kier molecular flexibility index (Phi) is 5.79. The first kappa shape index (κ1) is 17.2. The molecule has 1 atom stereocenters. The zero-order chi connectivity index (χ0) is 14.0. The monoisotopic (exact) mass is 312 g/mol. The van der Waals surface area contributed by atoms with Crippen molar-refractivity contribution in [2.75, 3.05) is 13.1 Å². The molecular formula is C13H17ClF4N2. The van der Waals surface area contributed by atoms with Gasteiger partial charge in [0.1, 0.15) is 5.82 Å². The molecule has 1 unspecified atom stereocenters. The van der Waals surface area contributed by atoms with E-state index in [1.54, 1.807) is 0 Å². The van der Waals surface area contributed by atoms with Gasteiger partial charge in [0.25, 0.3) is 0 Å². The second-order valence-corrected chi connectivity index (χ2v) is 4.94. The minimum atomic E-state index is -4.53. The van der Waals surface area contributed by atoms with E-state index >= 15 is 0 Å². The summed E-state index contributed by atoms with van der Waals surface area (Å²) in [6, 6.07) is 2.83. The highest BCUT2D eigenvalue weighted by atomic mass is 35.5. The van der Waals surface area contributed by atoms with E-state index in [-0.39, 0.29) is 30.6 Å². The first-order valence-electron chi connectivity index (χ1n) is 6.20. The maximum atomic E-state index is 13.0. The van der Waals surface area contributed by atoms with Crippen LogP contribution in [0.25, 0.3) is 0 Å². The highest BCUT2D eigenvalue weighted by Crippen LogP contribution is 2.33. The Labute approximate surface area is 121 Å². The number of nitrogens with zero attached hydrogens (tertiary/aromatic N) is 1. The fraction of sp³-hybridized carbons (Fsp3) is 0.538. The first-order chi connectivity index (χ1) is 8.86. The van der Waals surface area contributed by atoms with Gasteiger partial charge in [-0.2, -0.15) is 13.2 Å². The Morgan fingerprint density at radius 2 is 2.00 bits per heavy atom. The van der Waals surface area contributed by atoms with Crippen molar-refractivity contribution in [3.63, 3.8) is 0 Å². The molecule has 20 heavy (non-hydrogen) atoms. The van der Waals surface area contributed by atoms with Crippen molar-refractivity contribution < 1.29 is 17.6 Å². The van der Waals surface area contributed by atoms with Crippen molar-refractivity contribution in [3.8, 4) is 0 Å². The maximum Gasteiger partial charge on any atom is 0.416 e. The zero-order valence-electron chi connectivity index (χ0n) is 10.8. The first-order valence-corrected chi connectivity index (χ1v) is 6.20. The van der Waals surface area contributed by atoms with Crippen LogP contribution >= 0.6 is 12.4 Å². The van der Waals surface area contributed by atoms with E-state index in [0.717, 1.165) is 25.5 Å². The van der Waals surface area contributed by atoms with Crippen LogP contribution in [0, 0.1) is 5.82 Å². The van der Waals surface area contributed by atoms with Crippen LogP contribution in [0.15, 0.2) is 18.2 Å². The van der Waals surface area contributed by atoms with Crippen molar-refractivity contribution in [1.29, 1.82) is 0 Å². The van der Waals surface area contributed by atoms with Crippen LogP contribution < -0.4 is 5.73 Å². The van der Waals surface area contributed by atoms with Crippen LogP contribution in [0.1, 0.15) is 24.0 Å². The molecule has 1 aromatic rings. The summed E-state index contributed by atoms with van der Waals surface area (Å²) in [6.07, 6.45) is -2.76. The van der Waals surface area contributed by atoms with E-state index < -0.39 is 17.6 Å². The number of nitrogens with two attached hydrogens (primary N) is 1. The van der Waals surface area contributed by atoms with Gasteiger partial charge >= 0.3 is 6.18 Å². The van der Waals surface area contributed by atoms with Crippen LogP contribution in [0.3, 0.4) is 0 Å². The predicted molar refractivity (Wildman–Crippen MR) is 71.1 cm³/mol. The van der Waals surface area contributed by atoms with Gasteiger partial charge in [0.15, 0.2) is 0 Å². The van der Waals surface area contributed by atoms with Gasteiger partial charge in [-0.25, -0.2) is 4.39 Å². The summed E-state index contributed by atoms with van der Waals surface area (Å²) in [5.74, 6) is -0.869. The molecule has 0 spiro atoms. The van der Waals surface area contributed by atoms with E-state index in [1.807, 2.05) is 4.90 Å². The summed E-state index contributed by atoms with van der Waals surface area (Å²) in [5, 5.41) is 0. The molecule has 0 saturated carbocycles. The maximum absolute atomic E-state index is 13.0. The molecule has 0 bridgehead atoms. The summed E-state index contributed by atoms with van der Waals surface area (Å²) >= 11 is 0. The second-order valence-electron chi connectivity index (χ2n) is 4.94. The molecule has 114 valence electrons. The normalized spacial score (nSPS) is 20.6. The Morgan fingerprint density at radius 1 is 1.30 bits per heavy atom. The van der Waals surface area contributed by atoms with Crippen molar-refractivity contribution in [2.24, 2.45) is 5.73 Å². The van der Waals surface area contributed by atoms with E-state index in [2.05, 4.69) is 0 Å². The lowest BCUT2D eigenvalue weighted by molar-refractivity contribution is -0.138. The molecule has 1 saturated heterocycles. The molecule has 0 radical (unpaired) electrons. The second kappa shape index (κ2) is 6.74.